The van der Waals surface area contributed by atoms with Crippen molar-refractivity contribution in [2.45, 2.75) is 5.92 Å². The zero-order valence-corrected chi connectivity index (χ0v) is 12.8. The first kappa shape index (κ1) is 14.2. The van der Waals surface area contributed by atoms with E-state index in [4.69, 9.17) is 11.6 Å². The first-order chi connectivity index (χ1) is 11.1. The lowest BCUT2D eigenvalue weighted by Gasteiger charge is -2.38. The van der Waals surface area contributed by atoms with E-state index in [1.165, 1.54) is 18.2 Å². The standard InChI is InChI=1S/C17H13ClFN3O/c18-11-4-3-5-12(19)15(11)17(23)22-8-10(9-22)16-20-13-6-1-2-7-14(13)21-16/h1-7,10H,8-9H2,(H,20,21). The van der Waals surface area contributed by atoms with Gasteiger partial charge in [-0.2, -0.15) is 0 Å². The SMILES string of the molecule is O=C(c1c(F)cccc1Cl)N1CC(c2nc3ccccc3[nH]2)C1. The molecule has 1 aromatic heterocycles. The number of fused-ring (bicyclic) bond motifs is 1. The van der Waals surface area contributed by atoms with Crippen LogP contribution in [0.1, 0.15) is 22.1 Å². The van der Waals surface area contributed by atoms with Gasteiger partial charge in [0.2, 0.25) is 0 Å². The smallest absolute Gasteiger partial charge is 0.258 e. The Kier molecular flexibility index (Phi) is 3.31. The Hall–Kier alpha value is -2.40. The maximum Gasteiger partial charge on any atom is 0.258 e. The van der Waals surface area contributed by atoms with Crippen molar-refractivity contribution in [1.29, 1.82) is 0 Å². The second kappa shape index (κ2) is 5.35. The van der Waals surface area contributed by atoms with Crippen LogP contribution in [0.15, 0.2) is 42.5 Å². The van der Waals surface area contributed by atoms with E-state index in [2.05, 4.69) is 9.97 Å². The molecule has 0 radical (unpaired) electrons. The number of benzene rings is 2. The van der Waals surface area contributed by atoms with E-state index in [0.717, 1.165) is 16.9 Å². The van der Waals surface area contributed by atoms with Gasteiger partial charge >= 0.3 is 0 Å². The van der Waals surface area contributed by atoms with Crippen molar-refractivity contribution in [3.05, 3.63) is 64.7 Å². The summed E-state index contributed by atoms with van der Waals surface area (Å²) in [5.74, 6) is 0.0296. The largest absolute Gasteiger partial charge is 0.342 e. The second-order valence-electron chi connectivity index (χ2n) is 5.64. The summed E-state index contributed by atoms with van der Waals surface area (Å²) >= 11 is 5.95. The number of carbonyl (C=O) groups excluding carboxylic acids is 1. The average Bonchev–Trinajstić information content (AvgIpc) is 2.88. The quantitative estimate of drug-likeness (QED) is 0.781. The van der Waals surface area contributed by atoms with Gasteiger partial charge in [-0.1, -0.05) is 29.8 Å². The normalized spacial score (nSPS) is 15.0. The van der Waals surface area contributed by atoms with E-state index < -0.39 is 5.82 Å². The number of hydrogen-bond donors (Lipinski definition) is 1. The third-order valence-corrected chi connectivity index (χ3v) is 4.45. The van der Waals surface area contributed by atoms with Gasteiger partial charge < -0.3 is 9.88 Å². The molecule has 1 fully saturated rings. The number of carbonyl (C=O) groups is 1. The maximum absolute atomic E-state index is 13.8. The van der Waals surface area contributed by atoms with E-state index in [9.17, 15) is 9.18 Å². The van der Waals surface area contributed by atoms with E-state index in [-0.39, 0.29) is 22.4 Å². The molecular weight excluding hydrogens is 317 g/mol. The summed E-state index contributed by atoms with van der Waals surface area (Å²) in [7, 11) is 0. The Morgan fingerprint density at radius 3 is 2.74 bits per heavy atom. The minimum Gasteiger partial charge on any atom is -0.342 e. The van der Waals surface area contributed by atoms with Gasteiger partial charge in [-0.05, 0) is 24.3 Å². The number of rotatable bonds is 2. The van der Waals surface area contributed by atoms with Crippen LogP contribution < -0.4 is 0 Å². The number of H-pyrrole nitrogens is 1. The maximum atomic E-state index is 13.8. The van der Waals surface area contributed by atoms with Crippen molar-refractivity contribution >= 4 is 28.5 Å². The minimum absolute atomic E-state index is 0.0581. The van der Waals surface area contributed by atoms with Gasteiger partial charge in [-0.25, -0.2) is 9.37 Å². The molecule has 116 valence electrons. The highest BCUT2D eigenvalue weighted by Crippen LogP contribution is 2.30. The molecule has 0 unspecified atom stereocenters. The number of nitrogens with one attached hydrogen (secondary N) is 1. The third-order valence-electron chi connectivity index (χ3n) is 4.14. The van der Waals surface area contributed by atoms with Crippen molar-refractivity contribution in [1.82, 2.24) is 14.9 Å². The number of likely N-dealkylation sites (tertiary alicyclic amines) is 1. The molecule has 4 nitrogen and oxygen atoms in total. The highest BCUT2D eigenvalue weighted by Gasteiger charge is 2.35. The number of aromatic nitrogens is 2. The fourth-order valence-electron chi connectivity index (χ4n) is 2.84. The molecule has 23 heavy (non-hydrogen) atoms. The van der Waals surface area contributed by atoms with Crippen LogP contribution in [0.25, 0.3) is 11.0 Å². The summed E-state index contributed by atoms with van der Waals surface area (Å²) in [6.45, 7) is 1.01. The Bertz CT molecular complexity index is 848. The average molecular weight is 330 g/mol. The molecule has 0 spiro atoms. The minimum atomic E-state index is -0.588. The van der Waals surface area contributed by atoms with E-state index in [1.807, 2.05) is 24.3 Å². The van der Waals surface area contributed by atoms with Crippen LogP contribution >= 0.6 is 11.6 Å². The number of para-hydroxylation sites is 2. The van der Waals surface area contributed by atoms with Crippen LogP contribution in [-0.2, 0) is 0 Å². The van der Waals surface area contributed by atoms with Crippen LogP contribution in [0.4, 0.5) is 4.39 Å². The first-order valence-corrected chi connectivity index (χ1v) is 7.69. The summed E-state index contributed by atoms with van der Waals surface area (Å²) in [4.78, 5) is 21.8. The lowest BCUT2D eigenvalue weighted by atomic mass is 9.98. The van der Waals surface area contributed by atoms with Gasteiger partial charge in [0.1, 0.15) is 11.6 Å². The van der Waals surface area contributed by atoms with Gasteiger partial charge in [0.05, 0.1) is 27.5 Å². The lowest BCUT2D eigenvalue weighted by Crippen LogP contribution is -2.49. The van der Waals surface area contributed by atoms with E-state index >= 15 is 0 Å². The number of imidazole rings is 1. The summed E-state index contributed by atoms with van der Waals surface area (Å²) in [5, 5.41) is 0.141. The van der Waals surface area contributed by atoms with Crippen LogP contribution in [0, 0.1) is 5.82 Å². The van der Waals surface area contributed by atoms with Gasteiger partial charge in [0, 0.05) is 13.1 Å². The van der Waals surface area contributed by atoms with Gasteiger partial charge in [0.25, 0.3) is 5.91 Å². The fraction of sp³-hybridized carbons (Fsp3) is 0.176. The number of nitrogens with zero attached hydrogens (tertiary/aromatic N) is 2. The topological polar surface area (TPSA) is 49.0 Å². The molecule has 1 aliphatic heterocycles. The van der Waals surface area contributed by atoms with Crippen LogP contribution in [0.3, 0.4) is 0 Å². The van der Waals surface area contributed by atoms with Crippen molar-refractivity contribution in [2.75, 3.05) is 13.1 Å². The van der Waals surface area contributed by atoms with Crippen LogP contribution in [0.2, 0.25) is 5.02 Å². The third kappa shape index (κ3) is 2.37. The lowest BCUT2D eigenvalue weighted by molar-refractivity contribution is 0.0591. The summed E-state index contributed by atoms with van der Waals surface area (Å²) in [6.07, 6.45) is 0. The number of halogens is 2. The van der Waals surface area contributed by atoms with Gasteiger partial charge in [-0.15, -0.1) is 0 Å². The summed E-state index contributed by atoms with van der Waals surface area (Å²) in [5.41, 5.74) is 1.83. The number of amides is 1. The molecule has 4 rings (SSSR count). The summed E-state index contributed by atoms with van der Waals surface area (Å²) in [6, 6.07) is 12.0. The Balaban J connectivity index is 1.52. The Morgan fingerprint density at radius 2 is 2.00 bits per heavy atom. The molecular formula is C17H13ClFN3O. The van der Waals surface area contributed by atoms with Crippen LogP contribution in [0.5, 0.6) is 0 Å². The molecule has 1 aliphatic rings. The van der Waals surface area contributed by atoms with Gasteiger partial charge in [0.15, 0.2) is 0 Å². The first-order valence-electron chi connectivity index (χ1n) is 7.31. The van der Waals surface area contributed by atoms with Gasteiger partial charge in [-0.3, -0.25) is 4.79 Å². The summed E-state index contributed by atoms with van der Waals surface area (Å²) < 4.78 is 13.8. The molecule has 0 saturated carbocycles. The van der Waals surface area contributed by atoms with Crippen molar-refractivity contribution in [3.63, 3.8) is 0 Å². The van der Waals surface area contributed by atoms with E-state index in [0.29, 0.717) is 13.1 Å². The van der Waals surface area contributed by atoms with Crippen molar-refractivity contribution < 1.29 is 9.18 Å². The zero-order chi connectivity index (χ0) is 16.0. The fourth-order valence-corrected chi connectivity index (χ4v) is 3.09. The molecule has 2 aromatic carbocycles. The molecule has 1 N–H and O–H groups in total. The molecule has 1 saturated heterocycles. The predicted octanol–water partition coefficient (Wildman–Crippen LogP) is 3.60. The monoisotopic (exact) mass is 329 g/mol. The van der Waals surface area contributed by atoms with Crippen molar-refractivity contribution in [3.8, 4) is 0 Å². The molecule has 0 bridgehead atoms. The number of aromatic amines is 1. The number of hydrogen-bond acceptors (Lipinski definition) is 2. The van der Waals surface area contributed by atoms with Crippen LogP contribution in [-0.4, -0.2) is 33.9 Å². The second-order valence-corrected chi connectivity index (χ2v) is 6.05. The molecule has 6 heteroatoms. The highest BCUT2D eigenvalue weighted by molar-refractivity contribution is 6.33. The molecule has 1 amide bonds. The van der Waals surface area contributed by atoms with E-state index in [1.54, 1.807) is 4.90 Å². The molecule has 2 heterocycles. The zero-order valence-electron chi connectivity index (χ0n) is 12.1. The molecule has 3 aromatic rings. The molecule has 0 aliphatic carbocycles. The molecule has 0 atom stereocenters. The predicted molar refractivity (Wildman–Crippen MR) is 86.1 cm³/mol. The highest BCUT2D eigenvalue weighted by atomic mass is 35.5. The Labute approximate surface area is 136 Å². The van der Waals surface area contributed by atoms with Crippen molar-refractivity contribution in [2.24, 2.45) is 0 Å². The Morgan fingerprint density at radius 1 is 1.22 bits per heavy atom.